The average molecular weight is 205 g/mol. The molecule has 0 atom stereocenters. The van der Waals surface area contributed by atoms with E-state index in [9.17, 15) is 4.79 Å². The maximum absolute atomic E-state index is 10.1. The molecule has 8 heteroatoms. The fraction of sp³-hybridized carbons (Fsp3) is 0. The molecule has 0 aromatic carbocycles. The lowest BCUT2D eigenvalue weighted by atomic mass is 10.6. The zero-order valence-electron chi connectivity index (χ0n) is 6.23. The first-order valence-electron chi connectivity index (χ1n) is 2.89. The van der Waals surface area contributed by atoms with Crippen molar-refractivity contribution in [2.75, 3.05) is 0 Å². The molecule has 0 aliphatic rings. The van der Waals surface area contributed by atoms with Gasteiger partial charge in [0.1, 0.15) is 0 Å². The topological polar surface area (TPSA) is 121 Å². The highest BCUT2D eigenvalue weighted by molar-refractivity contribution is 7.30. The van der Waals surface area contributed by atoms with E-state index in [1.807, 2.05) is 0 Å². The maximum Gasteiger partial charge on any atom is 0.692 e. The Labute approximate surface area is 73.7 Å². The summed E-state index contributed by atoms with van der Waals surface area (Å²) in [6.45, 7) is 0. The lowest BCUT2D eigenvalue weighted by molar-refractivity contribution is 0.0683. The molecule has 70 valence electrons. The molecular weight excluding hydrogens is 199 g/mol. The number of nitrogens with zero attached hydrogens (tertiary/aromatic N) is 2. The molecule has 13 heavy (non-hydrogen) atoms. The summed E-state index contributed by atoms with van der Waals surface area (Å²) < 4.78 is 8.70. The first kappa shape index (κ1) is 11.6. The molecule has 7 nitrogen and oxygen atoms in total. The van der Waals surface area contributed by atoms with E-state index in [0.717, 1.165) is 0 Å². The summed E-state index contributed by atoms with van der Waals surface area (Å²) in [6.07, 6.45) is 2.77. The highest BCUT2D eigenvalue weighted by atomic mass is 31.1. The van der Waals surface area contributed by atoms with Gasteiger partial charge in [-0.3, -0.25) is 0 Å². The normalized spacial score (nSPS) is 8.15. The van der Waals surface area contributed by atoms with Crippen molar-refractivity contribution in [3.8, 4) is 0 Å². The van der Waals surface area contributed by atoms with Gasteiger partial charge in [-0.15, -0.1) is 9.79 Å². The van der Waals surface area contributed by atoms with Crippen LogP contribution in [0.15, 0.2) is 18.5 Å². The molecule has 0 saturated carbocycles. The van der Waals surface area contributed by atoms with Gasteiger partial charge in [0.2, 0.25) is 5.82 Å². The number of aromatic carboxylic acids is 1. The summed E-state index contributed by atoms with van der Waals surface area (Å²) in [4.78, 5) is 31.3. The molecule has 1 aromatic rings. The van der Waals surface area contributed by atoms with Crippen LogP contribution in [0, 0.1) is 0 Å². The van der Waals surface area contributed by atoms with Crippen molar-refractivity contribution in [2.24, 2.45) is 0 Å². The predicted molar refractivity (Wildman–Crippen MR) is 41.0 cm³/mol. The second kappa shape index (κ2) is 6.13. The van der Waals surface area contributed by atoms with Gasteiger partial charge in [-0.05, 0) is 6.07 Å². The first-order valence-corrected chi connectivity index (χ1v) is 4.06. The van der Waals surface area contributed by atoms with Gasteiger partial charge in [0.15, 0.2) is 0 Å². The molecule has 1 rings (SSSR count). The second-order valence-electron chi connectivity index (χ2n) is 1.63. The Morgan fingerprint density at radius 2 is 1.69 bits per heavy atom. The quantitative estimate of drug-likeness (QED) is 0.543. The molecule has 1 heterocycles. The minimum Gasteiger partial charge on any atom is -0.475 e. The van der Waals surface area contributed by atoms with E-state index in [1.165, 1.54) is 12.4 Å². The van der Waals surface area contributed by atoms with Gasteiger partial charge in [0.05, 0.1) is 0 Å². The molecule has 0 fully saturated rings. The number of carboxylic acids is 1. The number of carbonyl (C=O) groups is 1. The Morgan fingerprint density at radius 1 is 1.31 bits per heavy atom. The standard InChI is InChI=1S/C5H4N2O2.HO3P/c8-5(9)4-6-2-1-3-7-4;1-4(2)3/h1-3H,(H,8,9);(H-,1,2,3)/p+1. The number of rotatable bonds is 1. The fourth-order valence-electron chi connectivity index (χ4n) is 0.410. The molecule has 0 bridgehead atoms. The smallest absolute Gasteiger partial charge is 0.475 e. The Balaban J connectivity index is 0.000000310. The van der Waals surface area contributed by atoms with E-state index >= 15 is 0 Å². The minimum atomic E-state index is -2.87. The van der Waals surface area contributed by atoms with Gasteiger partial charge >= 0.3 is 14.2 Å². The highest BCUT2D eigenvalue weighted by Gasteiger charge is 2.01. The third-order valence-electron chi connectivity index (χ3n) is 0.757. The van der Waals surface area contributed by atoms with Crippen molar-refractivity contribution >= 4 is 14.2 Å². The van der Waals surface area contributed by atoms with E-state index < -0.39 is 14.2 Å². The van der Waals surface area contributed by atoms with Crippen molar-refractivity contribution in [1.29, 1.82) is 0 Å². The summed E-state index contributed by atoms with van der Waals surface area (Å²) in [7, 11) is -2.87. The molecule has 0 aliphatic heterocycles. The van der Waals surface area contributed by atoms with E-state index in [2.05, 4.69) is 9.97 Å². The van der Waals surface area contributed by atoms with Crippen LogP contribution in [-0.4, -0.2) is 30.8 Å². The SMILES string of the molecule is O=C(O)c1ncccn1.O=[P+](O)O. The molecule has 1 aromatic heterocycles. The van der Waals surface area contributed by atoms with Crippen molar-refractivity contribution < 1.29 is 24.3 Å². The van der Waals surface area contributed by atoms with Gasteiger partial charge in [0, 0.05) is 17.0 Å². The number of hydrogen-bond donors (Lipinski definition) is 3. The van der Waals surface area contributed by atoms with Gasteiger partial charge in [-0.2, -0.15) is 0 Å². The van der Waals surface area contributed by atoms with Gasteiger partial charge < -0.3 is 5.11 Å². The lowest BCUT2D eigenvalue weighted by Gasteiger charge is -1.86. The summed E-state index contributed by atoms with van der Waals surface area (Å²) in [5.74, 6) is -1.27. The van der Waals surface area contributed by atoms with E-state index in [4.69, 9.17) is 19.5 Å². The van der Waals surface area contributed by atoms with Gasteiger partial charge in [0.25, 0.3) is 0 Å². The van der Waals surface area contributed by atoms with Crippen LogP contribution in [0.2, 0.25) is 0 Å². The monoisotopic (exact) mass is 205 g/mol. The zero-order valence-corrected chi connectivity index (χ0v) is 7.13. The first-order chi connectivity index (χ1) is 6.04. The highest BCUT2D eigenvalue weighted by Crippen LogP contribution is 1.98. The average Bonchev–Trinajstić information content (AvgIpc) is 2.05. The molecular formula is C5H6N2O5P+. The molecule has 0 spiro atoms. The predicted octanol–water partition coefficient (Wildman–Crippen LogP) is -0.197. The van der Waals surface area contributed by atoms with E-state index in [-0.39, 0.29) is 5.82 Å². The van der Waals surface area contributed by atoms with Crippen molar-refractivity contribution in [3.63, 3.8) is 0 Å². The van der Waals surface area contributed by atoms with Crippen molar-refractivity contribution in [3.05, 3.63) is 24.3 Å². The fourth-order valence-corrected chi connectivity index (χ4v) is 0.410. The molecule has 0 unspecified atom stereocenters. The summed E-state index contributed by atoms with van der Waals surface area (Å²) in [5, 5.41) is 8.26. The van der Waals surface area contributed by atoms with Crippen LogP contribution >= 0.6 is 8.25 Å². The summed E-state index contributed by atoms with van der Waals surface area (Å²) >= 11 is 0. The third kappa shape index (κ3) is 6.95. The van der Waals surface area contributed by atoms with Gasteiger partial charge in [-0.1, -0.05) is 0 Å². The Morgan fingerprint density at radius 3 is 1.92 bits per heavy atom. The molecule has 0 saturated heterocycles. The molecule has 0 radical (unpaired) electrons. The third-order valence-corrected chi connectivity index (χ3v) is 0.757. The lowest BCUT2D eigenvalue weighted by Crippen LogP contribution is -2.01. The van der Waals surface area contributed by atoms with Crippen molar-refractivity contribution in [1.82, 2.24) is 9.97 Å². The summed E-state index contributed by atoms with van der Waals surface area (Å²) in [6, 6.07) is 1.56. The van der Waals surface area contributed by atoms with Crippen LogP contribution in [0.3, 0.4) is 0 Å². The minimum absolute atomic E-state index is 0.169. The zero-order chi connectivity index (χ0) is 10.3. The van der Waals surface area contributed by atoms with Crippen LogP contribution in [0.5, 0.6) is 0 Å². The Hall–Kier alpha value is -1.43. The Kier molecular flexibility index (Phi) is 5.45. The molecule has 0 amide bonds. The van der Waals surface area contributed by atoms with E-state index in [0.29, 0.717) is 0 Å². The van der Waals surface area contributed by atoms with Gasteiger partial charge in [-0.25, -0.2) is 14.8 Å². The van der Waals surface area contributed by atoms with Crippen LogP contribution in [0.4, 0.5) is 0 Å². The van der Waals surface area contributed by atoms with Crippen LogP contribution in [-0.2, 0) is 4.57 Å². The largest absolute Gasteiger partial charge is 0.692 e. The molecule has 0 aliphatic carbocycles. The Bertz CT molecular complexity index is 286. The number of carboxylic acid groups (broad SMARTS) is 1. The number of hydrogen-bond acceptors (Lipinski definition) is 4. The number of aromatic nitrogens is 2. The summed E-state index contributed by atoms with van der Waals surface area (Å²) in [5.41, 5.74) is 0. The molecule has 3 N–H and O–H groups in total. The van der Waals surface area contributed by atoms with Crippen LogP contribution in [0.25, 0.3) is 0 Å². The van der Waals surface area contributed by atoms with Crippen LogP contribution in [0.1, 0.15) is 10.6 Å². The van der Waals surface area contributed by atoms with Crippen molar-refractivity contribution in [2.45, 2.75) is 0 Å². The maximum atomic E-state index is 10.1. The van der Waals surface area contributed by atoms with E-state index in [1.54, 1.807) is 6.07 Å². The van der Waals surface area contributed by atoms with Crippen LogP contribution < -0.4 is 0 Å². The second-order valence-corrected chi connectivity index (χ2v) is 2.14.